The number of rotatable bonds is 9. The number of fused-ring (bicyclic) bond motifs is 1. The molecule has 0 amide bonds. The van der Waals surface area contributed by atoms with Gasteiger partial charge in [-0.3, -0.25) is 0 Å². The summed E-state index contributed by atoms with van der Waals surface area (Å²) in [5.74, 6) is 1.37. The minimum Gasteiger partial charge on any atom is -0.461 e. The molecule has 0 heterocycles. The van der Waals surface area contributed by atoms with Crippen LogP contribution in [-0.4, -0.2) is 6.61 Å². The molecule has 0 aliphatic heterocycles. The molecule has 0 aliphatic rings. The van der Waals surface area contributed by atoms with E-state index in [0.29, 0.717) is 12.5 Å². The van der Waals surface area contributed by atoms with Gasteiger partial charge in [-0.05, 0) is 52.8 Å². The fraction of sp³-hybridized carbons (Fsp3) is 0.241. The molecule has 0 saturated heterocycles. The molecule has 0 aliphatic carbocycles. The van der Waals surface area contributed by atoms with Crippen molar-refractivity contribution in [1.29, 1.82) is 0 Å². The predicted molar refractivity (Wildman–Crippen MR) is 129 cm³/mol. The van der Waals surface area contributed by atoms with E-state index in [2.05, 4.69) is 105 Å². The van der Waals surface area contributed by atoms with E-state index in [-0.39, 0.29) is 0 Å². The largest absolute Gasteiger partial charge is 0.461 e. The van der Waals surface area contributed by atoms with Gasteiger partial charge in [0.25, 0.3) is 0 Å². The first-order valence-electron chi connectivity index (χ1n) is 11.1. The molecule has 2 nitrogen and oxygen atoms in total. The van der Waals surface area contributed by atoms with Crippen LogP contribution in [0.3, 0.4) is 0 Å². The summed E-state index contributed by atoms with van der Waals surface area (Å²) in [6, 6.07) is 33.5. The Kier molecular flexibility index (Phi) is 7.01. The lowest BCUT2D eigenvalue weighted by atomic mass is 9.99. The molecule has 2 atom stereocenters. The van der Waals surface area contributed by atoms with Gasteiger partial charge in [0.1, 0.15) is 5.75 Å². The Morgan fingerprint density at radius 3 is 2.23 bits per heavy atom. The van der Waals surface area contributed by atoms with Gasteiger partial charge in [-0.25, -0.2) is 0 Å². The zero-order chi connectivity index (χ0) is 21.5. The van der Waals surface area contributed by atoms with Crippen molar-refractivity contribution in [3.63, 3.8) is 0 Å². The average molecular weight is 411 g/mol. The summed E-state index contributed by atoms with van der Waals surface area (Å²) in [5, 5.41) is 2.35. The fourth-order valence-electron chi connectivity index (χ4n) is 3.81. The van der Waals surface area contributed by atoms with Gasteiger partial charge in [0.15, 0.2) is 0 Å². The molecule has 31 heavy (non-hydrogen) atoms. The Morgan fingerprint density at radius 1 is 0.742 bits per heavy atom. The topological polar surface area (TPSA) is 18.5 Å². The second-order valence-corrected chi connectivity index (χ2v) is 8.00. The third kappa shape index (κ3) is 5.34. The maximum absolute atomic E-state index is 6.39. The lowest BCUT2D eigenvalue weighted by molar-refractivity contribution is -0.0815. The minimum atomic E-state index is -0.468. The van der Waals surface area contributed by atoms with Gasteiger partial charge >= 0.3 is 0 Å². The third-order valence-electron chi connectivity index (χ3n) is 5.88. The summed E-state index contributed by atoms with van der Waals surface area (Å²) in [5.41, 5.74) is 3.65. The van der Waals surface area contributed by atoms with Crippen molar-refractivity contribution in [1.82, 2.24) is 0 Å². The molecule has 0 bridgehead atoms. The molecular weight excluding hydrogens is 380 g/mol. The van der Waals surface area contributed by atoms with Gasteiger partial charge in [-0.2, -0.15) is 0 Å². The quantitative estimate of drug-likeness (QED) is 0.263. The molecule has 4 aromatic carbocycles. The summed E-state index contributed by atoms with van der Waals surface area (Å²) < 4.78 is 12.7. The maximum Gasteiger partial charge on any atom is 0.227 e. The van der Waals surface area contributed by atoms with Crippen LogP contribution in [0.25, 0.3) is 10.8 Å². The van der Waals surface area contributed by atoms with Crippen LogP contribution in [0.4, 0.5) is 0 Å². The second-order valence-electron chi connectivity index (χ2n) is 8.00. The molecule has 2 heteroatoms. The Bertz CT molecular complexity index is 1080. The van der Waals surface area contributed by atoms with E-state index >= 15 is 0 Å². The van der Waals surface area contributed by atoms with E-state index < -0.39 is 6.29 Å². The lowest BCUT2D eigenvalue weighted by Crippen LogP contribution is -2.14. The normalized spacial score (nSPS) is 13.1. The van der Waals surface area contributed by atoms with E-state index in [1.54, 1.807) is 0 Å². The predicted octanol–water partition coefficient (Wildman–Crippen LogP) is 7.69. The fourth-order valence-corrected chi connectivity index (χ4v) is 3.81. The van der Waals surface area contributed by atoms with E-state index in [1.807, 2.05) is 6.07 Å². The van der Waals surface area contributed by atoms with Crippen LogP contribution in [-0.2, 0) is 11.2 Å². The standard InChI is InChI=1S/C29H30O2/c1-3-22(2)24-16-18-26(19-17-24)31-29(30-21-20-23-10-5-4-6-11-23)28-15-9-13-25-12-7-8-14-27(25)28/h4-19,22,29H,3,20-21H2,1-2H3. The van der Waals surface area contributed by atoms with E-state index in [1.165, 1.54) is 16.5 Å². The molecule has 2 unspecified atom stereocenters. The molecule has 4 rings (SSSR count). The van der Waals surface area contributed by atoms with Crippen molar-refractivity contribution in [3.05, 3.63) is 114 Å². The maximum atomic E-state index is 6.39. The van der Waals surface area contributed by atoms with Gasteiger partial charge in [-0.15, -0.1) is 0 Å². The lowest BCUT2D eigenvalue weighted by Gasteiger charge is -2.22. The number of ether oxygens (including phenoxy) is 2. The van der Waals surface area contributed by atoms with Crippen LogP contribution in [0.5, 0.6) is 5.75 Å². The Hall–Kier alpha value is -3.10. The SMILES string of the molecule is CCC(C)c1ccc(OC(OCCc2ccccc2)c2cccc3ccccc23)cc1. The van der Waals surface area contributed by atoms with Crippen molar-refractivity contribution in [3.8, 4) is 5.75 Å². The molecule has 158 valence electrons. The molecule has 0 saturated carbocycles. The second kappa shape index (κ2) is 10.3. The minimum absolute atomic E-state index is 0.468. The first-order chi connectivity index (χ1) is 15.2. The van der Waals surface area contributed by atoms with Crippen molar-refractivity contribution < 1.29 is 9.47 Å². The summed E-state index contributed by atoms with van der Waals surface area (Å²) in [7, 11) is 0. The summed E-state index contributed by atoms with van der Waals surface area (Å²) in [4.78, 5) is 0. The zero-order valence-electron chi connectivity index (χ0n) is 18.3. The Balaban J connectivity index is 1.57. The van der Waals surface area contributed by atoms with Crippen LogP contribution in [0, 0.1) is 0 Å². The van der Waals surface area contributed by atoms with Crippen LogP contribution >= 0.6 is 0 Å². The number of benzene rings is 4. The van der Waals surface area contributed by atoms with Crippen molar-refractivity contribution >= 4 is 10.8 Å². The van der Waals surface area contributed by atoms with E-state index in [0.717, 1.165) is 29.5 Å². The van der Waals surface area contributed by atoms with Crippen LogP contribution < -0.4 is 4.74 Å². The molecule has 0 aromatic heterocycles. The summed E-state index contributed by atoms with van der Waals surface area (Å²) in [6.07, 6.45) is 1.50. The Labute approximate surface area is 185 Å². The molecular formula is C29H30O2. The van der Waals surface area contributed by atoms with Crippen molar-refractivity contribution in [2.75, 3.05) is 6.61 Å². The van der Waals surface area contributed by atoms with Crippen LogP contribution in [0.15, 0.2) is 97.1 Å². The first-order valence-corrected chi connectivity index (χ1v) is 11.1. The van der Waals surface area contributed by atoms with Crippen LogP contribution in [0.2, 0.25) is 0 Å². The molecule has 0 radical (unpaired) electrons. The highest BCUT2D eigenvalue weighted by Crippen LogP contribution is 2.30. The van der Waals surface area contributed by atoms with Crippen LogP contribution in [0.1, 0.15) is 49.2 Å². The Morgan fingerprint density at radius 2 is 1.45 bits per heavy atom. The highest BCUT2D eigenvalue weighted by atomic mass is 16.7. The van der Waals surface area contributed by atoms with Gasteiger partial charge in [0.05, 0.1) is 6.61 Å². The highest BCUT2D eigenvalue weighted by Gasteiger charge is 2.17. The number of hydrogen-bond donors (Lipinski definition) is 0. The highest BCUT2D eigenvalue weighted by molar-refractivity contribution is 5.85. The van der Waals surface area contributed by atoms with Crippen molar-refractivity contribution in [2.45, 2.75) is 38.9 Å². The van der Waals surface area contributed by atoms with Crippen molar-refractivity contribution in [2.24, 2.45) is 0 Å². The molecule has 0 spiro atoms. The zero-order valence-corrected chi connectivity index (χ0v) is 18.3. The monoisotopic (exact) mass is 410 g/mol. The summed E-state index contributed by atoms with van der Waals surface area (Å²) >= 11 is 0. The van der Waals surface area contributed by atoms with E-state index in [4.69, 9.17) is 9.47 Å². The summed E-state index contributed by atoms with van der Waals surface area (Å²) in [6.45, 7) is 5.05. The molecule has 0 N–H and O–H groups in total. The first kappa shape index (κ1) is 21.1. The molecule has 0 fully saturated rings. The van der Waals surface area contributed by atoms with E-state index in [9.17, 15) is 0 Å². The van der Waals surface area contributed by atoms with Gasteiger partial charge < -0.3 is 9.47 Å². The smallest absolute Gasteiger partial charge is 0.227 e. The average Bonchev–Trinajstić information content (AvgIpc) is 2.83. The third-order valence-corrected chi connectivity index (χ3v) is 5.88. The van der Waals surface area contributed by atoms with Gasteiger partial charge in [0, 0.05) is 5.56 Å². The van der Waals surface area contributed by atoms with Gasteiger partial charge in [0.2, 0.25) is 6.29 Å². The number of hydrogen-bond acceptors (Lipinski definition) is 2. The van der Waals surface area contributed by atoms with Gasteiger partial charge in [-0.1, -0.05) is 98.8 Å². The molecule has 4 aromatic rings.